The maximum atomic E-state index is 10.5. The first kappa shape index (κ1) is 13.3. The van der Waals surface area contributed by atoms with Crippen molar-refractivity contribution in [2.45, 2.75) is 26.0 Å². The minimum atomic E-state index is -0.941. The number of aliphatic hydroxyl groups is 1. The molecule has 0 radical (unpaired) electrons. The minimum absolute atomic E-state index is 0.108. The summed E-state index contributed by atoms with van der Waals surface area (Å²) < 4.78 is 0. The van der Waals surface area contributed by atoms with Crippen LogP contribution in [0.15, 0.2) is 22.4 Å². The lowest BCUT2D eigenvalue weighted by atomic mass is 10.1. The molecular weight excluding hydrogens is 248 g/mol. The molecule has 1 aromatic rings. The molecular formula is C12H16N4O3. The normalized spacial score (nSPS) is 18.3. The number of β-amino-alcohol motifs (C(OH)–C–C–N with tert-alkyl or cyclic N) is 1. The zero-order valence-corrected chi connectivity index (χ0v) is 10.7. The second-order valence-electron chi connectivity index (χ2n) is 4.70. The molecule has 0 spiro atoms. The first-order valence-corrected chi connectivity index (χ1v) is 5.93. The fourth-order valence-electron chi connectivity index (χ4n) is 2.15. The molecule has 0 aliphatic carbocycles. The van der Waals surface area contributed by atoms with E-state index >= 15 is 0 Å². The summed E-state index contributed by atoms with van der Waals surface area (Å²) in [5, 5.41) is 26.6. The minimum Gasteiger partial charge on any atom is -0.506 e. The van der Waals surface area contributed by atoms with Crippen LogP contribution in [0.3, 0.4) is 0 Å². The number of benzene rings is 1. The summed E-state index contributed by atoms with van der Waals surface area (Å²) in [6, 6.07) is 2.29. The summed E-state index contributed by atoms with van der Waals surface area (Å²) in [6.45, 7) is 4.46. The van der Waals surface area contributed by atoms with Gasteiger partial charge in [-0.2, -0.15) is 0 Å². The number of aliphatic hydroxyl groups excluding tert-OH is 1. The molecule has 102 valence electrons. The van der Waals surface area contributed by atoms with Gasteiger partial charge in [-0.3, -0.25) is 0 Å². The van der Waals surface area contributed by atoms with Gasteiger partial charge in [-0.1, -0.05) is 5.11 Å². The first-order chi connectivity index (χ1) is 8.90. The Morgan fingerprint density at radius 1 is 1.53 bits per heavy atom. The van der Waals surface area contributed by atoms with Gasteiger partial charge >= 0.3 is 6.03 Å². The van der Waals surface area contributed by atoms with Gasteiger partial charge in [-0.25, -0.2) is 4.79 Å². The topological polar surface area (TPSA) is 112 Å². The van der Waals surface area contributed by atoms with E-state index in [9.17, 15) is 15.0 Å². The standard InChI is InChI=1S/C12H16N4O3/c1-6(2)16-5-11(18)7-3-8(14-15-12(13)19)10(17)4-9(7)16/h3-4,6,11,17-18H,5H2,1-2H3,(H2,13,19). The van der Waals surface area contributed by atoms with Crippen LogP contribution in [0.1, 0.15) is 25.5 Å². The largest absolute Gasteiger partial charge is 0.506 e. The summed E-state index contributed by atoms with van der Waals surface area (Å²) in [6.07, 6.45) is -0.652. The van der Waals surface area contributed by atoms with Crippen LogP contribution < -0.4 is 10.6 Å². The van der Waals surface area contributed by atoms with E-state index in [0.717, 1.165) is 5.69 Å². The van der Waals surface area contributed by atoms with Gasteiger partial charge in [0.2, 0.25) is 0 Å². The molecule has 4 N–H and O–H groups in total. The number of primary amides is 1. The van der Waals surface area contributed by atoms with Crippen molar-refractivity contribution in [2.75, 3.05) is 11.4 Å². The van der Waals surface area contributed by atoms with Crippen molar-refractivity contribution in [1.82, 2.24) is 0 Å². The summed E-state index contributed by atoms with van der Waals surface area (Å²) in [7, 11) is 0. The van der Waals surface area contributed by atoms with Crippen molar-refractivity contribution in [3.05, 3.63) is 17.7 Å². The average molecular weight is 264 g/mol. The smallest absolute Gasteiger partial charge is 0.356 e. The van der Waals surface area contributed by atoms with Crippen molar-refractivity contribution in [2.24, 2.45) is 16.0 Å². The van der Waals surface area contributed by atoms with Gasteiger partial charge in [-0.05, 0) is 19.9 Å². The molecule has 7 nitrogen and oxygen atoms in total. The molecule has 1 aliphatic heterocycles. The number of nitrogens with zero attached hydrogens (tertiary/aromatic N) is 3. The molecule has 1 aliphatic rings. The fourth-order valence-corrected chi connectivity index (χ4v) is 2.15. The Labute approximate surface area is 110 Å². The molecule has 0 bridgehead atoms. The van der Waals surface area contributed by atoms with Crippen LogP contribution in [0.2, 0.25) is 0 Å². The zero-order chi connectivity index (χ0) is 14.2. The van der Waals surface area contributed by atoms with E-state index in [0.29, 0.717) is 12.1 Å². The highest BCUT2D eigenvalue weighted by molar-refractivity contribution is 5.73. The lowest BCUT2D eigenvalue weighted by Gasteiger charge is -2.24. The molecule has 1 unspecified atom stereocenters. The molecule has 19 heavy (non-hydrogen) atoms. The number of phenols is 1. The van der Waals surface area contributed by atoms with Crippen LogP contribution in [0.4, 0.5) is 16.2 Å². The number of carbonyl (C=O) groups is 1. The number of carbonyl (C=O) groups excluding carboxylic acids is 1. The molecule has 1 atom stereocenters. The van der Waals surface area contributed by atoms with E-state index in [4.69, 9.17) is 5.73 Å². The molecule has 0 saturated heterocycles. The van der Waals surface area contributed by atoms with E-state index < -0.39 is 12.1 Å². The number of urea groups is 1. The number of anilines is 1. The third-order valence-electron chi connectivity index (χ3n) is 3.04. The van der Waals surface area contributed by atoms with Gasteiger partial charge in [0.1, 0.15) is 11.4 Å². The van der Waals surface area contributed by atoms with Gasteiger partial charge in [0.05, 0.1) is 6.10 Å². The molecule has 7 heteroatoms. The quantitative estimate of drug-likeness (QED) is 0.707. The number of nitrogens with two attached hydrogens (primary N) is 1. The highest BCUT2D eigenvalue weighted by Crippen LogP contribution is 2.42. The predicted octanol–water partition coefficient (Wildman–Crippen LogP) is 1.82. The molecule has 0 saturated carbocycles. The van der Waals surface area contributed by atoms with Crippen molar-refractivity contribution in [1.29, 1.82) is 0 Å². The van der Waals surface area contributed by atoms with E-state index in [1.54, 1.807) is 0 Å². The van der Waals surface area contributed by atoms with Gasteiger partial charge < -0.3 is 20.8 Å². The van der Waals surface area contributed by atoms with Crippen LogP contribution >= 0.6 is 0 Å². The maximum Gasteiger partial charge on any atom is 0.356 e. The van der Waals surface area contributed by atoms with Crippen LogP contribution in [-0.4, -0.2) is 28.8 Å². The van der Waals surface area contributed by atoms with E-state index in [1.807, 2.05) is 18.7 Å². The van der Waals surface area contributed by atoms with Crippen LogP contribution in [0.25, 0.3) is 0 Å². The van der Waals surface area contributed by atoms with Crippen LogP contribution in [-0.2, 0) is 0 Å². The van der Waals surface area contributed by atoms with Crippen molar-refractivity contribution in [3.8, 4) is 5.75 Å². The second kappa shape index (κ2) is 4.85. The number of aromatic hydroxyl groups is 1. The predicted molar refractivity (Wildman–Crippen MR) is 69.6 cm³/mol. The molecule has 0 aromatic heterocycles. The number of rotatable bonds is 2. The number of hydrogen-bond donors (Lipinski definition) is 3. The lowest BCUT2D eigenvalue weighted by molar-refractivity contribution is 0.193. The maximum absolute atomic E-state index is 10.5. The Kier molecular flexibility index (Phi) is 3.39. The van der Waals surface area contributed by atoms with Gasteiger partial charge in [0, 0.05) is 29.9 Å². The van der Waals surface area contributed by atoms with E-state index in [2.05, 4.69) is 10.2 Å². The number of amides is 2. The van der Waals surface area contributed by atoms with Gasteiger partial charge in [0.25, 0.3) is 0 Å². The summed E-state index contributed by atoms with van der Waals surface area (Å²) in [5.74, 6) is -0.108. The van der Waals surface area contributed by atoms with E-state index in [1.165, 1.54) is 12.1 Å². The summed E-state index contributed by atoms with van der Waals surface area (Å²) >= 11 is 0. The molecule has 2 amide bonds. The number of phenolic OH excluding ortho intramolecular Hbond substituents is 1. The molecule has 0 fully saturated rings. The Hall–Kier alpha value is -2.15. The summed E-state index contributed by atoms with van der Waals surface area (Å²) in [4.78, 5) is 12.5. The lowest BCUT2D eigenvalue weighted by Crippen LogP contribution is -2.29. The Morgan fingerprint density at radius 3 is 2.79 bits per heavy atom. The van der Waals surface area contributed by atoms with Gasteiger partial charge in [0.15, 0.2) is 0 Å². The highest BCUT2D eigenvalue weighted by Gasteiger charge is 2.30. The first-order valence-electron chi connectivity index (χ1n) is 5.93. The molecule has 1 heterocycles. The Bertz CT molecular complexity index is 542. The number of fused-ring (bicyclic) bond motifs is 1. The Balaban J connectivity index is 2.44. The number of azo groups is 1. The second-order valence-corrected chi connectivity index (χ2v) is 4.70. The third kappa shape index (κ3) is 2.50. The zero-order valence-electron chi connectivity index (χ0n) is 10.7. The fraction of sp³-hybridized carbons (Fsp3) is 0.417. The van der Waals surface area contributed by atoms with Crippen molar-refractivity contribution >= 4 is 17.4 Å². The summed E-state index contributed by atoms with van der Waals surface area (Å²) in [5.41, 5.74) is 6.39. The highest BCUT2D eigenvalue weighted by atomic mass is 16.3. The monoisotopic (exact) mass is 264 g/mol. The Morgan fingerprint density at radius 2 is 2.21 bits per heavy atom. The molecule has 1 aromatic carbocycles. The van der Waals surface area contributed by atoms with E-state index in [-0.39, 0.29) is 17.5 Å². The number of hydrogen-bond acceptors (Lipinski definition) is 5. The van der Waals surface area contributed by atoms with Crippen molar-refractivity contribution < 1.29 is 15.0 Å². The van der Waals surface area contributed by atoms with Crippen molar-refractivity contribution in [3.63, 3.8) is 0 Å². The van der Waals surface area contributed by atoms with Crippen LogP contribution in [0.5, 0.6) is 5.75 Å². The third-order valence-corrected chi connectivity index (χ3v) is 3.04. The van der Waals surface area contributed by atoms with Crippen LogP contribution in [0, 0.1) is 0 Å². The molecule has 2 rings (SSSR count). The average Bonchev–Trinajstić information content (AvgIpc) is 2.63. The SMILES string of the molecule is CC(C)N1CC(O)c2cc(N=NC(N)=O)c(O)cc21. The van der Waals surface area contributed by atoms with Gasteiger partial charge in [-0.15, -0.1) is 5.11 Å².